The molecule has 0 bridgehead atoms. The van der Waals surface area contributed by atoms with E-state index in [0.717, 1.165) is 12.1 Å². The predicted molar refractivity (Wildman–Crippen MR) is 100 cm³/mol. The number of carbonyl (C=O) groups is 2. The van der Waals surface area contributed by atoms with Crippen LogP contribution in [0.4, 0.5) is 26.3 Å². The summed E-state index contributed by atoms with van der Waals surface area (Å²) in [7, 11) is 0. The average Bonchev–Trinajstić information content (AvgIpc) is 2.73. The van der Waals surface area contributed by atoms with E-state index in [4.69, 9.17) is 4.74 Å². The number of benzene rings is 1. The number of fused-ring (bicyclic) bond motifs is 1. The van der Waals surface area contributed by atoms with Gasteiger partial charge in [-0.1, -0.05) is 6.92 Å². The Morgan fingerprint density at radius 2 is 1.74 bits per heavy atom. The number of esters is 2. The number of hydrogen-bond acceptors (Lipinski definition) is 9. The Balaban J connectivity index is 2.17. The van der Waals surface area contributed by atoms with Crippen LogP contribution in [0.1, 0.15) is 24.5 Å². The van der Waals surface area contributed by atoms with E-state index >= 15 is 0 Å². The van der Waals surface area contributed by atoms with E-state index in [1.807, 2.05) is 0 Å². The summed E-state index contributed by atoms with van der Waals surface area (Å²) in [6.45, 7) is -0.402. The van der Waals surface area contributed by atoms with Crippen molar-refractivity contribution in [2.75, 3.05) is 19.8 Å². The quantitative estimate of drug-likeness (QED) is 0.151. The molecule has 0 N–H and O–H groups in total. The van der Waals surface area contributed by atoms with Gasteiger partial charge in [0, 0.05) is 5.56 Å². The second-order valence-electron chi connectivity index (χ2n) is 6.70. The van der Waals surface area contributed by atoms with Crippen LogP contribution in [0.15, 0.2) is 17.7 Å². The maximum absolute atomic E-state index is 13.6. The molecule has 0 aliphatic carbocycles. The van der Waals surface area contributed by atoms with E-state index in [0.29, 0.717) is 6.08 Å². The van der Waals surface area contributed by atoms with Gasteiger partial charge in [0.15, 0.2) is 0 Å². The van der Waals surface area contributed by atoms with E-state index in [1.54, 1.807) is 0 Å². The summed E-state index contributed by atoms with van der Waals surface area (Å²) >= 11 is 0. The Bertz CT molecular complexity index is 990. The molecule has 194 valence electrons. The molecule has 0 saturated carbocycles. The average molecular weight is 517 g/mol. The van der Waals surface area contributed by atoms with Gasteiger partial charge in [0.05, 0.1) is 12.0 Å². The molecule has 2 rings (SSSR count). The number of aryl methyl sites for hydroxylation is 1. The molecule has 1 aromatic carbocycles. The Morgan fingerprint density at radius 3 is 2.31 bits per heavy atom. The van der Waals surface area contributed by atoms with Crippen LogP contribution in [0.5, 0.6) is 11.5 Å². The zero-order chi connectivity index (χ0) is 26.4. The van der Waals surface area contributed by atoms with E-state index in [9.17, 15) is 46.0 Å². The smallest absolute Gasteiger partial charge is 0.475 e. The molecule has 10 nitrogen and oxygen atoms in total. The number of rotatable bonds is 10. The molecule has 35 heavy (non-hydrogen) atoms. The van der Waals surface area contributed by atoms with Crippen molar-refractivity contribution >= 4 is 18.0 Å². The van der Waals surface area contributed by atoms with Gasteiger partial charge in [-0.05, 0) is 30.2 Å². The van der Waals surface area contributed by atoms with Crippen LogP contribution < -0.4 is 9.47 Å². The minimum Gasteiger partial charge on any atom is -0.475 e. The normalized spacial score (nSPS) is 15.3. The Hall–Kier alpha value is -3.72. The highest BCUT2D eigenvalue weighted by Gasteiger charge is 2.49. The maximum atomic E-state index is 13.6. The highest BCUT2D eigenvalue weighted by Crippen LogP contribution is 2.42. The van der Waals surface area contributed by atoms with Gasteiger partial charge >= 0.3 is 24.5 Å². The van der Waals surface area contributed by atoms with E-state index in [1.165, 1.54) is 6.92 Å². The van der Waals surface area contributed by atoms with Crippen LogP contribution in [0.2, 0.25) is 0 Å². The van der Waals surface area contributed by atoms with Crippen molar-refractivity contribution in [3.8, 4) is 11.5 Å². The van der Waals surface area contributed by atoms with Crippen molar-refractivity contribution in [3.05, 3.63) is 38.9 Å². The second kappa shape index (κ2) is 11.1. The van der Waals surface area contributed by atoms with Crippen LogP contribution in [0.3, 0.4) is 0 Å². The van der Waals surface area contributed by atoms with Gasteiger partial charge in [-0.3, -0.25) is 4.79 Å². The molecular formula is C19H17F6NO9. The first-order valence-corrected chi connectivity index (χ1v) is 9.69. The number of nitrogens with zero attached hydrogens (tertiary/aromatic N) is 1. The fraction of sp³-hybridized carbons (Fsp3) is 0.474. The van der Waals surface area contributed by atoms with Crippen LogP contribution >= 0.6 is 0 Å². The Morgan fingerprint density at radius 1 is 1.09 bits per heavy atom. The van der Waals surface area contributed by atoms with Crippen molar-refractivity contribution in [2.24, 2.45) is 0 Å². The van der Waals surface area contributed by atoms with Gasteiger partial charge in [-0.2, -0.15) is 13.2 Å². The van der Waals surface area contributed by atoms with Gasteiger partial charge in [-0.15, -0.1) is 23.3 Å². The lowest BCUT2D eigenvalue weighted by Crippen LogP contribution is -2.41. The zero-order valence-corrected chi connectivity index (χ0v) is 17.7. The van der Waals surface area contributed by atoms with Crippen molar-refractivity contribution in [2.45, 2.75) is 38.4 Å². The van der Waals surface area contributed by atoms with Crippen LogP contribution in [0.25, 0.3) is 6.08 Å². The van der Waals surface area contributed by atoms with Gasteiger partial charge in [-0.25, -0.2) is 4.79 Å². The molecule has 0 amide bonds. The van der Waals surface area contributed by atoms with Gasteiger partial charge in [0.1, 0.15) is 31.3 Å². The summed E-state index contributed by atoms with van der Waals surface area (Å²) in [4.78, 5) is 37.5. The lowest BCUT2D eigenvalue weighted by molar-refractivity contribution is -0.757. The molecule has 0 unspecified atom stereocenters. The van der Waals surface area contributed by atoms with E-state index in [-0.39, 0.29) is 23.3 Å². The molecular weight excluding hydrogens is 500 g/mol. The summed E-state index contributed by atoms with van der Waals surface area (Å²) in [6.07, 6.45) is -12.8. The van der Waals surface area contributed by atoms with Crippen LogP contribution in [0, 0.1) is 10.1 Å². The molecule has 1 aliphatic heterocycles. The first-order chi connectivity index (χ1) is 16.2. The molecule has 0 aromatic heterocycles. The van der Waals surface area contributed by atoms with Gasteiger partial charge < -0.3 is 23.8 Å². The first-order valence-electron chi connectivity index (χ1n) is 9.69. The summed E-state index contributed by atoms with van der Waals surface area (Å²) in [5, 5.41) is 8.84. The van der Waals surface area contributed by atoms with Crippen LogP contribution in [-0.2, 0) is 30.3 Å². The molecule has 1 atom stereocenters. The third-order valence-corrected chi connectivity index (χ3v) is 4.23. The van der Waals surface area contributed by atoms with Crippen molar-refractivity contribution < 1.29 is 64.8 Å². The molecule has 16 heteroatoms. The largest absolute Gasteiger partial charge is 0.573 e. The summed E-state index contributed by atoms with van der Waals surface area (Å²) in [5.41, 5.74) is -1.34. The second-order valence-corrected chi connectivity index (χ2v) is 6.70. The fourth-order valence-corrected chi connectivity index (χ4v) is 2.87. The van der Waals surface area contributed by atoms with Crippen LogP contribution in [-0.4, -0.2) is 55.5 Å². The monoisotopic (exact) mass is 517 g/mol. The number of halogens is 6. The van der Waals surface area contributed by atoms with Gasteiger partial charge in [0.25, 0.3) is 5.09 Å². The molecule has 1 aliphatic rings. The summed E-state index contributed by atoms with van der Waals surface area (Å²) in [6, 6.07) is 1.64. The molecule has 0 fully saturated rings. The first kappa shape index (κ1) is 27.5. The third-order valence-electron chi connectivity index (χ3n) is 4.23. The predicted octanol–water partition coefficient (Wildman–Crippen LogP) is 3.54. The highest BCUT2D eigenvalue weighted by molar-refractivity contribution is 5.96. The summed E-state index contributed by atoms with van der Waals surface area (Å²) < 4.78 is 96.6. The lowest BCUT2D eigenvalue weighted by atomic mass is 9.97. The molecule has 1 heterocycles. The molecule has 0 spiro atoms. The lowest BCUT2D eigenvalue weighted by Gasteiger charge is -2.29. The summed E-state index contributed by atoms with van der Waals surface area (Å²) in [5.74, 6) is -3.58. The highest BCUT2D eigenvalue weighted by atomic mass is 19.4. The number of hydrogen-bond donors (Lipinski definition) is 0. The van der Waals surface area contributed by atoms with Gasteiger partial charge in [0.2, 0.25) is 6.10 Å². The SMILES string of the molecule is CCc1cc(OC(F)(F)F)cc2c1O[C@H](C(F)(F)F)C(C(=O)OCCOC(=O)CCO[N+](=O)[O-])=C2. The zero-order valence-electron chi connectivity index (χ0n) is 17.7. The Labute approximate surface area is 192 Å². The van der Waals surface area contributed by atoms with Crippen molar-refractivity contribution in [1.82, 2.24) is 0 Å². The number of alkyl halides is 6. The fourth-order valence-electron chi connectivity index (χ4n) is 2.87. The van der Waals surface area contributed by atoms with Crippen molar-refractivity contribution in [1.29, 1.82) is 0 Å². The minimum absolute atomic E-state index is 0.00629. The topological polar surface area (TPSA) is 123 Å². The number of ether oxygens (including phenoxy) is 4. The molecule has 1 aromatic rings. The van der Waals surface area contributed by atoms with Crippen molar-refractivity contribution in [3.63, 3.8) is 0 Å². The molecule has 0 saturated heterocycles. The standard InChI is InChI=1S/C19H17F6NO9/c1-2-10-7-12(35-19(23,24)25)8-11-9-13(16(18(20,21)22)34-15(10)11)17(28)32-6-5-31-14(27)3-4-33-26(29)30/h7-9,16H,2-6H2,1H3/t16-/m0/s1. The third kappa shape index (κ3) is 8.22. The maximum Gasteiger partial charge on any atom is 0.573 e. The molecule has 0 radical (unpaired) electrons. The number of carbonyl (C=O) groups excluding carboxylic acids is 2. The Kier molecular flexibility index (Phi) is 8.76. The van der Waals surface area contributed by atoms with E-state index in [2.05, 4.69) is 19.0 Å². The minimum atomic E-state index is -5.09. The van der Waals surface area contributed by atoms with E-state index < -0.39 is 73.2 Å².